The van der Waals surface area contributed by atoms with E-state index in [0.717, 1.165) is 65.7 Å². The lowest BCUT2D eigenvalue weighted by Gasteiger charge is -2.45. The number of phenols is 3. The highest BCUT2D eigenvalue weighted by atomic mass is 33.1. The second-order valence-corrected chi connectivity index (χ2v) is 15.5. The predicted molar refractivity (Wildman–Crippen MR) is 176 cm³/mol. The Balaban J connectivity index is 1.49. The average molecular weight is 653 g/mol. The van der Waals surface area contributed by atoms with Crippen LogP contribution in [-0.4, -0.2) is 58.9 Å². The van der Waals surface area contributed by atoms with Crippen LogP contribution in [0.15, 0.2) is 30.3 Å². The van der Waals surface area contributed by atoms with Crippen molar-refractivity contribution in [3.05, 3.63) is 52.6 Å². The van der Waals surface area contributed by atoms with Crippen LogP contribution in [0.3, 0.4) is 0 Å². The van der Waals surface area contributed by atoms with Crippen molar-refractivity contribution in [2.75, 3.05) is 27.1 Å². The average Bonchev–Trinajstić information content (AvgIpc) is 3.12. The molecule has 4 bridgehead atoms. The molecule has 45 heavy (non-hydrogen) atoms. The molecule has 1 saturated heterocycles. The fraction of sp³-hybridized carbons (Fsp3) is 0.486. The quantitative estimate of drug-likeness (QED) is 0.214. The maximum Gasteiger partial charge on any atom is 0.207 e. The van der Waals surface area contributed by atoms with E-state index < -0.39 is 12.2 Å². The monoisotopic (exact) mass is 652 g/mol. The molecule has 7 rings (SSSR count). The number of hydrogen-bond donors (Lipinski definition) is 4. The Hall–Kier alpha value is -3.08. The molecule has 1 fully saturated rings. The van der Waals surface area contributed by atoms with Crippen molar-refractivity contribution in [2.45, 2.75) is 68.3 Å². The van der Waals surface area contributed by atoms with Gasteiger partial charge in [-0.15, -0.1) is 0 Å². The van der Waals surface area contributed by atoms with Crippen LogP contribution in [0.1, 0.15) is 72.8 Å². The van der Waals surface area contributed by atoms with Gasteiger partial charge < -0.3 is 39.4 Å². The largest absolute Gasteiger partial charge is 0.508 e. The van der Waals surface area contributed by atoms with E-state index in [1.807, 2.05) is 39.8 Å². The number of rotatable bonds is 4. The number of fused-ring (bicyclic) bond motifs is 8. The smallest absolute Gasteiger partial charge is 0.207 e. The number of ether oxygens (including phenoxy) is 4. The normalized spacial score (nSPS) is 28.5. The molecule has 0 aromatic heterocycles. The van der Waals surface area contributed by atoms with Gasteiger partial charge in [-0.05, 0) is 84.7 Å². The van der Waals surface area contributed by atoms with E-state index in [4.69, 9.17) is 18.9 Å². The number of methoxy groups -OCH3 is 3. The summed E-state index contributed by atoms with van der Waals surface area (Å²) in [5.74, 6) is 2.89. The molecule has 240 valence electrons. The molecule has 3 aromatic carbocycles. The molecule has 2 aliphatic heterocycles. The maximum absolute atomic E-state index is 12.5. The molecular formula is C35H40O8S2. The van der Waals surface area contributed by atoms with Gasteiger partial charge in [0.15, 0.2) is 17.6 Å². The van der Waals surface area contributed by atoms with Gasteiger partial charge in [-0.3, -0.25) is 0 Å². The van der Waals surface area contributed by atoms with Crippen LogP contribution in [0.2, 0.25) is 0 Å². The van der Waals surface area contributed by atoms with E-state index >= 15 is 0 Å². The van der Waals surface area contributed by atoms with E-state index in [-0.39, 0.29) is 51.4 Å². The summed E-state index contributed by atoms with van der Waals surface area (Å²) in [6.07, 6.45) is 2.90. The minimum atomic E-state index is -1.02. The van der Waals surface area contributed by atoms with Gasteiger partial charge in [0, 0.05) is 39.7 Å². The highest BCUT2D eigenvalue weighted by Crippen LogP contribution is 2.60. The van der Waals surface area contributed by atoms with E-state index in [1.165, 1.54) is 20.3 Å². The number of benzene rings is 3. The van der Waals surface area contributed by atoms with Gasteiger partial charge in [-0.2, -0.15) is 0 Å². The second kappa shape index (κ2) is 11.9. The summed E-state index contributed by atoms with van der Waals surface area (Å²) in [5.41, 5.74) is 5.60. The van der Waals surface area contributed by atoms with Crippen molar-refractivity contribution in [1.82, 2.24) is 0 Å². The fourth-order valence-electron chi connectivity index (χ4n) is 8.20. The van der Waals surface area contributed by atoms with Crippen LogP contribution in [0, 0.1) is 11.8 Å². The molecule has 0 spiro atoms. The highest BCUT2D eigenvalue weighted by molar-refractivity contribution is 8.76. The SMILES string of the molecule is COc1cc([C@@H]2Oc3cc(OC)c4c5c3[C@H]([C@H]2O)[C@@H]2CC[C@@H](C[C@H](C5)c3cc(O)ccc3-4)[C@H](C)CCSS2)c(O)c(OC)c1O. The van der Waals surface area contributed by atoms with Crippen molar-refractivity contribution < 1.29 is 39.4 Å². The first-order chi connectivity index (χ1) is 21.7. The van der Waals surface area contributed by atoms with Crippen LogP contribution in [0.5, 0.6) is 40.2 Å². The summed E-state index contributed by atoms with van der Waals surface area (Å²) in [7, 11) is 8.18. The zero-order valence-electron chi connectivity index (χ0n) is 25.9. The molecule has 10 heteroatoms. The predicted octanol–water partition coefficient (Wildman–Crippen LogP) is 7.30. The summed E-state index contributed by atoms with van der Waals surface area (Å²) in [6.45, 7) is 2.38. The number of aromatic hydroxyl groups is 3. The summed E-state index contributed by atoms with van der Waals surface area (Å²) in [5, 5.41) is 45.1. The lowest BCUT2D eigenvalue weighted by molar-refractivity contribution is -0.00373. The van der Waals surface area contributed by atoms with Gasteiger partial charge in [0.05, 0.1) is 21.3 Å². The molecule has 8 nitrogen and oxygen atoms in total. The van der Waals surface area contributed by atoms with E-state index in [2.05, 4.69) is 6.92 Å². The molecule has 2 heterocycles. The first kappa shape index (κ1) is 30.6. The van der Waals surface area contributed by atoms with Gasteiger partial charge in [0.25, 0.3) is 0 Å². The van der Waals surface area contributed by atoms with Gasteiger partial charge in [-0.1, -0.05) is 34.6 Å². The molecule has 4 aliphatic rings. The van der Waals surface area contributed by atoms with Crippen molar-refractivity contribution in [3.8, 4) is 51.4 Å². The number of aliphatic hydroxyl groups is 1. The van der Waals surface area contributed by atoms with E-state index in [1.54, 1.807) is 13.2 Å². The van der Waals surface area contributed by atoms with Crippen molar-refractivity contribution >= 4 is 21.6 Å². The van der Waals surface area contributed by atoms with Crippen LogP contribution in [0.25, 0.3) is 11.1 Å². The Morgan fingerprint density at radius 1 is 0.889 bits per heavy atom. The number of aliphatic hydroxyl groups excluding tert-OH is 1. The van der Waals surface area contributed by atoms with Gasteiger partial charge in [-0.25, -0.2) is 0 Å². The zero-order valence-corrected chi connectivity index (χ0v) is 27.5. The van der Waals surface area contributed by atoms with Crippen molar-refractivity contribution in [3.63, 3.8) is 0 Å². The lowest BCUT2D eigenvalue weighted by Crippen LogP contribution is -2.41. The third-order valence-corrected chi connectivity index (χ3v) is 13.5. The summed E-state index contributed by atoms with van der Waals surface area (Å²) in [4.78, 5) is 0. The Kier molecular flexibility index (Phi) is 8.11. The summed E-state index contributed by atoms with van der Waals surface area (Å²) < 4.78 is 23.5. The Labute approximate surface area is 271 Å². The molecular weight excluding hydrogens is 613 g/mol. The Morgan fingerprint density at radius 2 is 1.69 bits per heavy atom. The molecule has 0 unspecified atom stereocenters. The van der Waals surface area contributed by atoms with E-state index in [9.17, 15) is 20.4 Å². The van der Waals surface area contributed by atoms with Crippen LogP contribution < -0.4 is 18.9 Å². The number of hydrogen-bond acceptors (Lipinski definition) is 10. The van der Waals surface area contributed by atoms with Crippen molar-refractivity contribution in [2.24, 2.45) is 11.8 Å². The molecule has 0 amide bonds. The first-order valence-corrected chi connectivity index (χ1v) is 18.0. The molecule has 4 N–H and O–H groups in total. The molecule has 0 saturated carbocycles. The molecule has 0 radical (unpaired) electrons. The second-order valence-electron chi connectivity index (χ2n) is 12.8. The Bertz CT molecular complexity index is 1630. The molecule has 7 atom stereocenters. The third kappa shape index (κ3) is 4.95. The lowest BCUT2D eigenvalue weighted by atomic mass is 9.67. The highest BCUT2D eigenvalue weighted by Gasteiger charge is 2.48. The van der Waals surface area contributed by atoms with Gasteiger partial charge in [0.1, 0.15) is 23.4 Å². The standard InChI is InChI=1S/C35H40O8S2/c1-16-9-10-44-45-27-8-5-17(16)11-18-12-22-28(20-7-6-19(36)13-21(18)20)24(40-2)15-25-29(22)30(27)33(39)34(43-25)23-14-26(41-3)32(38)35(42-4)31(23)37/h6-7,13-18,27,30,33-34,36-39H,5,8-12H2,1-4H3/t16-,17+,18-,27+,30-,33-,34+/m1/s1. The topological polar surface area (TPSA) is 118 Å². The fourth-order valence-corrected chi connectivity index (χ4v) is 11.3. The van der Waals surface area contributed by atoms with Crippen LogP contribution in [-0.2, 0) is 6.42 Å². The summed E-state index contributed by atoms with van der Waals surface area (Å²) >= 11 is 0. The van der Waals surface area contributed by atoms with Gasteiger partial charge in [0.2, 0.25) is 11.5 Å². The first-order valence-electron chi connectivity index (χ1n) is 15.6. The van der Waals surface area contributed by atoms with E-state index in [0.29, 0.717) is 23.3 Å². The molecule has 2 aliphatic carbocycles. The molecule has 3 aromatic rings. The van der Waals surface area contributed by atoms with Crippen LogP contribution >= 0.6 is 21.6 Å². The summed E-state index contributed by atoms with van der Waals surface area (Å²) in [6, 6.07) is 9.09. The minimum Gasteiger partial charge on any atom is -0.508 e. The minimum absolute atomic E-state index is 0.0845. The zero-order chi connectivity index (χ0) is 31.6. The maximum atomic E-state index is 12.5. The van der Waals surface area contributed by atoms with Crippen molar-refractivity contribution in [1.29, 1.82) is 0 Å². The Morgan fingerprint density at radius 3 is 2.44 bits per heavy atom. The number of phenolic OH excluding ortho intramolecular Hbond substituents is 3. The van der Waals surface area contributed by atoms with Crippen LogP contribution in [0.4, 0.5) is 0 Å². The van der Waals surface area contributed by atoms with Gasteiger partial charge >= 0.3 is 0 Å². The third-order valence-electron chi connectivity index (χ3n) is 10.5.